The fraction of sp³-hybridized carbons (Fsp3) is 0.250. The van der Waals surface area contributed by atoms with Crippen molar-refractivity contribution in [2.75, 3.05) is 0 Å². The van der Waals surface area contributed by atoms with Crippen LogP contribution in [0.4, 0.5) is 0 Å². The van der Waals surface area contributed by atoms with E-state index in [2.05, 4.69) is 9.97 Å². The highest BCUT2D eigenvalue weighted by molar-refractivity contribution is 5.63. The maximum atomic E-state index is 9.00. The summed E-state index contributed by atoms with van der Waals surface area (Å²) in [5, 5.41) is 14.8. The summed E-state index contributed by atoms with van der Waals surface area (Å²) in [6.07, 6.45) is 4.88. The van der Waals surface area contributed by atoms with Gasteiger partial charge in [-0.3, -0.25) is 9.59 Å². The molecule has 6 heteroatoms. The maximum Gasteiger partial charge on any atom is 0.300 e. The van der Waals surface area contributed by atoms with Gasteiger partial charge in [-0.15, -0.1) is 0 Å². The fourth-order valence-corrected chi connectivity index (χ4v) is 0.253. The second kappa shape index (κ2) is 11.0. The number of carboxylic acids is 2. The van der Waals surface area contributed by atoms with Gasteiger partial charge in [0.2, 0.25) is 0 Å². The summed E-state index contributed by atoms with van der Waals surface area (Å²) in [7, 11) is 0. The van der Waals surface area contributed by atoms with Crippen molar-refractivity contribution in [2.24, 2.45) is 0 Å². The molecule has 0 aliphatic heterocycles. The van der Waals surface area contributed by atoms with Crippen molar-refractivity contribution in [3.05, 3.63) is 24.8 Å². The predicted molar refractivity (Wildman–Crippen MR) is 48.7 cm³/mol. The zero-order valence-corrected chi connectivity index (χ0v) is 7.91. The number of hydrogen-bond acceptors (Lipinski definition) is 4. The van der Waals surface area contributed by atoms with Crippen LogP contribution in [0.3, 0.4) is 0 Å². The Kier molecular flexibility index (Phi) is 11.4. The molecule has 0 aromatic carbocycles. The highest BCUT2D eigenvalue weighted by Crippen LogP contribution is 1.66. The normalized spacial score (nSPS) is 7.00. The molecular formula is C8H12N2O4. The Hall–Kier alpha value is -1.98. The average molecular weight is 200 g/mol. The Morgan fingerprint density at radius 2 is 1.29 bits per heavy atom. The minimum Gasteiger partial charge on any atom is -0.481 e. The van der Waals surface area contributed by atoms with Crippen LogP contribution in [0.15, 0.2) is 24.8 Å². The first-order chi connectivity index (χ1) is 6.46. The van der Waals surface area contributed by atoms with Crippen molar-refractivity contribution in [2.45, 2.75) is 13.8 Å². The van der Waals surface area contributed by atoms with Gasteiger partial charge in [-0.2, -0.15) is 0 Å². The third-order valence-electron chi connectivity index (χ3n) is 0.478. The van der Waals surface area contributed by atoms with E-state index in [9.17, 15) is 0 Å². The van der Waals surface area contributed by atoms with Gasteiger partial charge in [0.25, 0.3) is 11.9 Å². The van der Waals surface area contributed by atoms with E-state index in [1.807, 2.05) is 0 Å². The van der Waals surface area contributed by atoms with Gasteiger partial charge in [0.1, 0.15) is 6.33 Å². The van der Waals surface area contributed by atoms with Gasteiger partial charge in [0.05, 0.1) is 0 Å². The first-order valence-electron chi connectivity index (χ1n) is 3.55. The largest absolute Gasteiger partial charge is 0.481 e. The molecular weight excluding hydrogens is 188 g/mol. The summed E-state index contributed by atoms with van der Waals surface area (Å²) in [6.45, 7) is 2.17. The lowest BCUT2D eigenvalue weighted by Gasteiger charge is -1.70. The van der Waals surface area contributed by atoms with Crippen LogP contribution in [0.25, 0.3) is 0 Å². The number of carboxylic acid groups (broad SMARTS) is 2. The van der Waals surface area contributed by atoms with Crippen LogP contribution in [-0.2, 0) is 9.59 Å². The number of nitrogens with zero attached hydrogens (tertiary/aromatic N) is 2. The van der Waals surface area contributed by atoms with Gasteiger partial charge < -0.3 is 10.2 Å². The van der Waals surface area contributed by atoms with Gasteiger partial charge in [-0.25, -0.2) is 9.97 Å². The summed E-state index contributed by atoms with van der Waals surface area (Å²) >= 11 is 0. The first kappa shape index (κ1) is 14.5. The van der Waals surface area contributed by atoms with E-state index in [0.717, 1.165) is 13.8 Å². The number of aromatic nitrogens is 2. The summed E-state index contributed by atoms with van der Waals surface area (Å²) in [5.74, 6) is -1.67. The van der Waals surface area contributed by atoms with Crippen molar-refractivity contribution >= 4 is 11.9 Å². The van der Waals surface area contributed by atoms with Crippen molar-refractivity contribution in [1.82, 2.24) is 9.97 Å². The van der Waals surface area contributed by atoms with Gasteiger partial charge in [0, 0.05) is 26.2 Å². The number of carbonyl (C=O) groups is 2. The second-order valence-corrected chi connectivity index (χ2v) is 1.94. The van der Waals surface area contributed by atoms with Crippen molar-refractivity contribution in [3.63, 3.8) is 0 Å². The summed E-state index contributed by atoms with van der Waals surface area (Å²) < 4.78 is 0. The molecule has 0 spiro atoms. The van der Waals surface area contributed by atoms with E-state index < -0.39 is 11.9 Å². The van der Waals surface area contributed by atoms with E-state index in [4.69, 9.17) is 19.8 Å². The molecule has 0 saturated heterocycles. The molecule has 0 atom stereocenters. The highest BCUT2D eigenvalue weighted by Gasteiger charge is 1.66. The second-order valence-electron chi connectivity index (χ2n) is 1.94. The van der Waals surface area contributed by atoms with E-state index in [1.54, 1.807) is 18.5 Å². The van der Waals surface area contributed by atoms with Gasteiger partial charge in [-0.05, 0) is 6.07 Å². The summed E-state index contributed by atoms with van der Waals surface area (Å²) in [5.41, 5.74) is 0. The van der Waals surface area contributed by atoms with Crippen molar-refractivity contribution in [3.8, 4) is 0 Å². The van der Waals surface area contributed by atoms with Crippen LogP contribution < -0.4 is 0 Å². The fourth-order valence-electron chi connectivity index (χ4n) is 0.253. The monoisotopic (exact) mass is 200 g/mol. The van der Waals surface area contributed by atoms with Crippen LogP contribution in [0.2, 0.25) is 0 Å². The quantitative estimate of drug-likeness (QED) is 0.638. The third kappa shape index (κ3) is 50.4. The molecule has 1 rings (SSSR count). The molecule has 78 valence electrons. The van der Waals surface area contributed by atoms with E-state index >= 15 is 0 Å². The lowest BCUT2D eigenvalue weighted by Crippen LogP contribution is -1.78. The Morgan fingerprint density at radius 3 is 1.36 bits per heavy atom. The Balaban J connectivity index is 0. The van der Waals surface area contributed by atoms with Gasteiger partial charge >= 0.3 is 0 Å². The van der Waals surface area contributed by atoms with Gasteiger partial charge in [0.15, 0.2) is 0 Å². The third-order valence-corrected chi connectivity index (χ3v) is 0.478. The molecule has 2 N–H and O–H groups in total. The molecule has 0 aliphatic carbocycles. The highest BCUT2D eigenvalue weighted by atomic mass is 16.4. The molecule has 0 radical (unpaired) electrons. The Bertz CT molecular complexity index is 204. The molecule has 0 saturated carbocycles. The predicted octanol–water partition coefficient (Wildman–Crippen LogP) is 0.658. The van der Waals surface area contributed by atoms with Crippen LogP contribution in [0, 0.1) is 0 Å². The Labute approximate surface area is 81.3 Å². The minimum atomic E-state index is -0.833. The van der Waals surface area contributed by atoms with Crippen LogP contribution in [-0.4, -0.2) is 32.1 Å². The molecule has 0 amide bonds. The van der Waals surface area contributed by atoms with E-state index in [1.165, 1.54) is 6.33 Å². The topological polar surface area (TPSA) is 100 Å². The van der Waals surface area contributed by atoms with Gasteiger partial charge in [-0.1, -0.05) is 0 Å². The molecule has 6 nitrogen and oxygen atoms in total. The van der Waals surface area contributed by atoms with Crippen LogP contribution in [0.5, 0.6) is 0 Å². The molecule has 0 aliphatic rings. The number of rotatable bonds is 0. The molecule has 1 aromatic rings. The molecule has 1 heterocycles. The molecule has 14 heavy (non-hydrogen) atoms. The van der Waals surface area contributed by atoms with E-state index in [-0.39, 0.29) is 0 Å². The number of aliphatic carboxylic acids is 2. The molecule has 0 bridgehead atoms. The standard InChI is InChI=1S/C4H4N2.2C2H4O2/c1-2-5-4-6-3-1;2*1-2(3)4/h1-4H;2*1H3,(H,3,4). The summed E-state index contributed by atoms with van der Waals surface area (Å²) in [4.78, 5) is 25.3. The lowest BCUT2D eigenvalue weighted by molar-refractivity contribution is -0.135. The summed E-state index contributed by atoms with van der Waals surface area (Å²) in [6, 6.07) is 1.78. The lowest BCUT2D eigenvalue weighted by atomic mass is 10.7. The SMILES string of the molecule is CC(=O)O.CC(=O)O.c1cncnc1. The minimum absolute atomic E-state index is 0.833. The Morgan fingerprint density at radius 1 is 1.00 bits per heavy atom. The van der Waals surface area contributed by atoms with Crippen molar-refractivity contribution < 1.29 is 19.8 Å². The van der Waals surface area contributed by atoms with Crippen LogP contribution >= 0.6 is 0 Å². The van der Waals surface area contributed by atoms with E-state index in [0.29, 0.717) is 0 Å². The maximum absolute atomic E-state index is 9.00. The zero-order valence-electron chi connectivity index (χ0n) is 7.91. The smallest absolute Gasteiger partial charge is 0.300 e. The number of hydrogen-bond donors (Lipinski definition) is 2. The first-order valence-corrected chi connectivity index (χ1v) is 3.55. The molecule has 0 fully saturated rings. The van der Waals surface area contributed by atoms with Crippen molar-refractivity contribution in [1.29, 1.82) is 0 Å². The van der Waals surface area contributed by atoms with Crippen LogP contribution in [0.1, 0.15) is 13.8 Å². The average Bonchev–Trinajstić information content (AvgIpc) is 2.05. The molecule has 0 unspecified atom stereocenters. The molecule has 1 aromatic heterocycles. The zero-order chi connectivity index (χ0) is 11.4.